The molecule has 96 valence electrons. The van der Waals surface area contributed by atoms with Gasteiger partial charge in [-0.3, -0.25) is 0 Å². The molecule has 0 fully saturated rings. The topological polar surface area (TPSA) is 35.8 Å². The molecule has 0 aromatic heterocycles. The van der Waals surface area contributed by atoms with E-state index >= 15 is 0 Å². The van der Waals surface area contributed by atoms with E-state index < -0.39 is 11.7 Å². The third-order valence-corrected chi connectivity index (χ3v) is 2.65. The molecule has 18 heavy (non-hydrogen) atoms. The van der Waals surface area contributed by atoms with Gasteiger partial charge in [0.05, 0.1) is 23.4 Å². The monoisotopic (exact) mass is 294 g/mol. The van der Waals surface area contributed by atoms with Crippen molar-refractivity contribution in [3.8, 4) is 6.07 Å². The average Bonchev–Trinajstić information content (AvgIpc) is 2.34. The first-order valence-electron chi connectivity index (χ1n) is 4.68. The van der Waals surface area contributed by atoms with Gasteiger partial charge in [0.25, 0.3) is 0 Å². The number of anilines is 1. The Hall–Kier alpha value is -1.38. The minimum absolute atomic E-state index is 0.108. The highest BCUT2D eigenvalue weighted by atomic mass is 35.5. The van der Waals surface area contributed by atoms with Crippen molar-refractivity contribution >= 4 is 28.9 Å². The molecule has 2 nitrogen and oxygen atoms in total. The van der Waals surface area contributed by atoms with Crippen molar-refractivity contribution in [3.05, 3.63) is 39.9 Å². The van der Waals surface area contributed by atoms with Crippen molar-refractivity contribution in [3.63, 3.8) is 0 Å². The van der Waals surface area contributed by atoms with Gasteiger partial charge in [-0.1, -0.05) is 23.2 Å². The molecule has 0 aliphatic carbocycles. The number of alkyl halides is 3. The average molecular weight is 295 g/mol. The molecule has 0 amide bonds. The highest BCUT2D eigenvalue weighted by molar-refractivity contribution is 6.36. The molecule has 0 spiro atoms. The lowest BCUT2D eigenvalue weighted by atomic mass is 10.1. The predicted molar refractivity (Wildman–Crippen MR) is 64.4 cm³/mol. The van der Waals surface area contributed by atoms with E-state index in [0.717, 1.165) is 17.7 Å². The fraction of sp³-hybridized carbons (Fsp3) is 0.182. The third kappa shape index (κ3) is 3.83. The Morgan fingerprint density at radius 1 is 1.44 bits per heavy atom. The summed E-state index contributed by atoms with van der Waals surface area (Å²) in [5, 5.41) is 11.8. The quantitative estimate of drug-likeness (QED) is 0.902. The highest BCUT2D eigenvalue weighted by Crippen LogP contribution is 2.31. The van der Waals surface area contributed by atoms with Crippen LogP contribution in [0.2, 0.25) is 0 Å². The summed E-state index contributed by atoms with van der Waals surface area (Å²) in [6.07, 6.45) is -4.47. The molecule has 0 saturated heterocycles. The van der Waals surface area contributed by atoms with Crippen molar-refractivity contribution in [2.45, 2.75) is 6.18 Å². The minimum Gasteiger partial charge on any atom is -0.379 e. The van der Waals surface area contributed by atoms with E-state index in [4.69, 9.17) is 28.5 Å². The molecule has 1 N–H and O–H groups in total. The molecule has 0 heterocycles. The van der Waals surface area contributed by atoms with Crippen LogP contribution >= 0.6 is 23.2 Å². The Balaban J connectivity index is 2.99. The van der Waals surface area contributed by atoms with Gasteiger partial charge in [-0.25, -0.2) is 0 Å². The van der Waals surface area contributed by atoms with Crippen molar-refractivity contribution in [1.82, 2.24) is 0 Å². The van der Waals surface area contributed by atoms with Gasteiger partial charge in [-0.2, -0.15) is 18.4 Å². The van der Waals surface area contributed by atoms with E-state index in [2.05, 4.69) is 5.32 Å². The second-order valence-electron chi connectivity index (χ2n) is 3.28. The van der Waals surface area contributed by atoms with Crippen molar-refractivity contribution in [2.75, 3.05) is 11.9 Å². The van der Waals surface area contributed by atoms with Crippen LogP contribution in [0.15, 0.2) is 28.8 Å². The molecule has 1 rings (SSSR count). The summed E-state index contributed by atoms with van der Waals surface area (Å²) in [5.41, 5.74) is 0.416. The van der Waals surface area contributed by atoms with Crippen LogP contribution in [0.1, 0.15) is 11.1 Å². The van der Waals surface area contributed by atoms with Crippen LogP contribution < -0.4 is 5.32 Å². The van der Waals surface area contributed by atoms with Crippen LogP contribution in [0.3, 0.4) is 0 Å². The molecular formula is C11H7Cl2F3N2. The summed E-state index contributed by atoms with van der Waals surface area (Å²) in [7, 11) is 0. The maximum absolute atomic E-state index is 12.4. The van der Waals surface area contributed by atoms with Crippen LogP contribution in [0.25, 0.3) is 0 Å². The van der Waals surface area contributed by atoms with Crippen molar-refractivity contribution in [2.24, 2.45) is 0 Å². The molecule has 0 saturated carbocycles. The number of rotatable bonds is 3. The van der Waals surface area contributed by atoms with E-state index in [9.17, 15) is 13.2 Å². The zero-order valence-electron chi connectivity index (χ0n) is 8.85. The Morgan fingerprint density at radius 2 is 2.11 bits per heavy atom. The van der Waals surface area contributed by atoms with E-state index in [1.54, 1.807) is 6.07 Å². The molecule has 0 unspecified atom stereocenters. The van der Waals surface area contributed by atoms with Crippen LogP contribution in [-0.4, -0.2) is 6.54 Å². The molecular weight excluding hydrogens is 288 g/mol. The van der Waals surface area contributed by atoms with Crippen LogP contribution in [0.4, 0.5) is 18.9 Å². The first kappa shape index (κ1) is 14.7. The maximum atomic E-state index is 12.4. The highest BCUT2D eigenvalue weighted by Gasteiger charge is 2.31. The normalized spacial score (nSPS) is 12.1. The zero-order chi connectivity index (χ0) is 13.8. The predicted octanol–water partition coefficient (Wildman–Crippen LogP) is 4.31. The van der Waals surface area contributed by atoms with Gasteiger partial charge in [-0.15, -0.1) is 0 Å². The van der Waals surface area contributed by atoms with Crippen molar-refractivity contribution in [1.29, 1.82) is 5.26 Å². The van der Waals surface area contributed by atoms with Crippen molar-refractivity contribution < 1.29 is 13.2 Å². The first-order valence-corrected chi connectivity index (χ1v) is 5.50. The van der Waals surface area contributed by atoms with Gasteiger partial charge >= 0.3 is 6.18 Å². The van der Waals surface area contributed by atoms with Gasteiger partial charge in [0, 0.05) is 10.6 Å². The summed E-state index contributed by atoms with van der Waals surface area (Å²) in [6, 6.07) is 4.54. The fourth-order valence-corrected chi connectivity index (χ4v) is 1.33. The molecule has 0 atom stereocenters. The summed E-state index contributed by atoms with van der Waals surface area (Å²) in [4.78, 5) is 0. The first-order chi connectivity index (χ1) is 8.38. The van der Waals surface area contributed by atoms with E-state index in [1.807, 2.05) is 0 Å². The Bertz CT molecular complexity index is 504. The lowest BCUT2D eigenvalue weighted by Crippen LogP contribution is -2.08. The lowest BCUT2D eigenvalue weighted by molar-refractivity contribution is -0.137. The summed E-state index contributed by atoms with van der Waals surface area (Å²) in [5.74, 6) is 0. The molecule has 7 heteroatoms. The lowest BCUT2D eigenvalue weighted by Gasteiger charge is -2.11. The number of hydrogen-bond donors (Lipinski definition) is 1. The molecule has 1 aromatic rings. The molecule has 0 bridgehead atoms. The fourth-order valence-electron chi connectivity index (χ4n) is 1.19. The maximum Gasteiger partial charge on any atom is 0.416 e. The number of benzene rings is 1. The van der Waals surface area contributed by atoms with E-state index in [0.29, 0.717) is 0 Å². The second kappa shape index (κ2) is 5.98. The zero-order valence-corrected chi connectivity index (χ0v) is 10.4. The Morgan fingerprint density at radius 3 is 2.61 bits per heavy atom. The van der Waals surface area contributed by atoms with Gasteiger partial charge in [0.1, 0.15) is 6.07 Å². The molecule has 0 radical (unpaired) electrons. The summed E-state index contributed by atoms with van der Waals surface area (Å²) in [6.45, 7) is 0.130. The van der Waals surface area contributed by atoms with Gasteiger partial charge in [-0.05, 0) is 18.2 Å². The number of hydrogen-bond acceptors (Lipinski definition) is 2. The van der Waals surface area contributed by atoms with Gasteiger partial charge in [0.2, 0.25) is 0 Å². The van der Waals surface area contributed by atoms with E-state index in [1.165, 1.54) is 6.07 Å². The Labute approximate surface area is 112 Å². The SMILES string of the molecule is N#Cc1cc(C(F)(F)F)ccc1NC/C(Cl)=C/Cl. The third-order valence-electron chi connectivity index (χ3n) is 2.03. The van der Waals surface area contributed by atoms with Crippen LogP contribution in [0.5, 0.6) is 0 Å². The second-order valence-corrected chi connectivity index (χ2v) is 3.98. The smallest absolute Gasteiger partial charge is 0.379 e. The van der Waals surface area contributed by atoms with Crippen LogP contribution in [0, 0.1) is 11.3 Å². The van der Waals surface area contributed by atoms with E-state index in [-0.39, 0.29) is 22.8 Å². The minimum atomic E-state index is -4.47. The Kier molecular flexibility index (Phi) is 4.88. The molecule has 1 aromatic carbocycles. The molecule has 0 aliphatic rings. The number of nitrogens with zero attached hydrogens (tertiary/aromatic N) is 1. The van der Waals surface area contributed by atoms with Crippen LogP contribution in [-0.2, 0) is 6.18 Å². The summed E-state index contributed by atoms with van der Waals surface area (Å²) < 4.78 is 37.3. The van der Waals surface area contributed by atoms with Gasteiger partial charge in [0.15, 0.2) is 0 Å². The number of nitriles is 1. The standard InChI is InChI=1S/C11H7Cl2F3N2/c12-4-9(13)6-18-10-2-1-8(11(14,15)16)3-7(10)5-17/h1-4,18H,6H2/b9-4-. The number of halogens is 5. The van der Waals surface area contributed by atoms with Gasteiger partial charge < -0.3 is 5.32 Å². The molecule has 0 aliphatic heterocycles. The summed E-state index contributed by atoms with van der Waals surface area (Å²) >= 11 is 10.9. The number of nitrogens with one attached hydrogen (secondary N) is 1. The largest absolute Gasteiger partial charge is 0.416 e.